The van der Waals surface area contributed by atoms with Crippen molar-refractivity contribution in [1.29, 1.82) is 0 Å². The second-order valence-electron chi connectivity index (χ2n) is 2.31. The average molecular weight is 171 g/mol. The summed E-state index contributed by atoms with van der Waals surface area (Å²) in [5.74, 6) is 0.387. The van der Waals surface area contributed by atoms with Crippen molar-refractivity contribution in [3.8, 4) is 0 Å². The van der Waals surface area contributed by atoms with Crippen LogP contribution in [-0.2, 0) is 14.1 Å². The van der Waals surface area contributed by atoms with Crippen molar-refractivity contribution >= 4 is 18.0 Å². The molecule has 1 aromatic rings. The predicted octanol–water partition coefficient (Wildman–Crippen LogP) is 0.0355. The van der Waals surface area contributed by atoms with Gasteiger partial charge in [-0.2, -0.15) is 0 Å². The van der Waals surface area contributed by atoms with Gasteiger partial charge in [-0.1, -0.05) is 0 Å². The van der Waals surface area contributed by atoms with E-state index in [1.807, 2.05) is 0 Å². The first-order valence-electron chi connectivity index (χ1n) is 3.06. The number of hydrogen-bond acceptors (Lipinski definition) is 3. The SMILES string of the molecule is Cn1c(N)cc(=O)n(C)c1=S. The van der Waals surface area contributed by atoms with Crippen LogP contribution in [0.5, 0.6) is 0 Å². The van der Waals surface area contributed by atoms with Gasteiger partial charge < -0.3 is 10.3 Å². The Bertz CT molecular complexity index is 390. The number of nitrogens with zero attached hydrogens (tertiary/aromatic N) is 2. The number of hydrogen-bond donors (Lipinski definition) is 1. The zero-order chi connectivity index (χ0) is 8.59. The fourth-order valence-electron chi connectivity index (χ4n) is 0.750. The minimum Gasteiger partial charge on any atom is -0.385 e. The average Bonchev–Trinajstić information content (AvgIpc) is 1.97. The Morgan fingerprint density at radius 2 is 2.00 bits per heavy atom. The van der Waals surface area contributed by atoms with E-state index in [4.69, 9.17) is 18.0 Å². The van der Waals surface area contributed by atoms with Gasteiger partial charge in [0.1, 0.15) is 5.82 Å². The van der Waals surface area contributed by atoms with Gasteiger partial charge in [0.05, 0.1) is 0 Å². The summed E-state index contributed by atoms with van der Waals surface area (Å²) >= 11 is 4.92. The maximum absolute atomic E-state index is 11.0. The number of aromatic nitrogens is 2. The van der Waals surface area contributed by atoms with Crippen LogP contribution in [-0.4, -0.2) is 9.13 Å². The van der Waals surface area contributed by atoms with Gasteiger partial charge in [0.2, 0.25) is 0 Å². The van der Waals surface area contributed by atoms with Crippen LogP contribution in [0.25, 0.3) is 0 Å². The highest BCUT2D eigenvalue weighted by Gasteiger charge is 1.97. The molecule has 0 atom stereocenters. The Morgan fingerprint density at radius 3 is 2.55 bits per heavy atom. The van der Waals surface area contributed by atoms with E-state index in [0.29, 0.717) is 10.6 Å². The lowest BCUT2D eigenvalue weighted by Crippen LogP contribution is -2.22. The van der Waals surface area contributed by atoms with E-state index >= 15 is 0 Å². The van der Waals surface area contributed by atoms with E-state index in [0.717, 1.165) is 0 Å². The molecule has 1 rings (SSSR count). The quantitative estimate of drug-likeness (QED) is 0.560. The molecular weight excluding hydrogens is 162 g/mol. The normalized spacial score (nSPS) is 10.0. The zero-order valence-corrected chi connectivity index (χ0v) is 7.18. The predicted molar refractivity (Wildman–Crippen MR) is 45.9 cm³/mol. The molecule has 0 saturated heterocycles. The summed E-state index contributed by atoms with van der Waals surface area (Å²) in [4.78, 5) is 11.0. The monoisotopic (exact) mass is 171 g/mol. The third-order valence-corrected chi connectivity index (χ3v) is 2.11. The Hall–Kier alpha value is -1.10. The van der Waals surface area contributed by atoms with Gasteiger partial charge in [0.15, 0.2) is 4.77 Å². The molecule has 60 valence electrons. The molecule has 0 aliphatic carbocycles. The second-order valence-corrected chi connectivity index (χ2v) is 2.67. The summed E-state index contributed by atoms with van der Waals surface area (Å²) in [7, 11) is 3.33. The van der Waals surface area contributed by atoms with Crippen LogP contribution < -0.4 is 11.3 Å². The van der Waals surface area contributed by atoms with Crippen molar-refractivity contribution in [3.05, 3.63) is 21.2 Å². The van der Waals surface area contributed by atoms with E-state index in [-0.39, 0.29) is 5.56 Å². The van der Waals surface area contributed by atoms with Crippen molar-refractivity contribution in [2.45, 2.75) is 0 Å². The first-order valence-corrected chi connectivity index (χ1v) is 3.47. The van der Waals surface area contributed by atoms with Gasteiger partial charge in [-0.25, -0.2) is 0 Å². The number of rotatable bonds is 0. The van der Waals surface area contributed by atoms with Gasteiger partial charge >= 0.3 is 0 Å². The highest BCUT2D eigenvalue weighted by molar-refractivity contribution is 7.71. The molecular formula is C6H9N3OS. The number of nitrogen functional groups attached to an aromatic ring is 1. The van der Waals surface area contributed by atoms with E-state index in [9.17, 15) is 4.79 Å². The maximum atomic E-state index is 11.0. The van der Waals surface area contributed by atoms with Crippen molar-refractivity contribution < 1.29 is 0 Å². The zero-order valence-electron chi connectivity index (χ0n) is 6.37. The van der Waals surface area contributed by atoms with Crippen LogP contribution >= 0.6 is 12.2 Å². The standard InChI is InChI=1S/C6H9N3OS/c1-8-4(7)3-5(10)9(2)6(8)11/h3H,7H2,1-2H3. The van der Waals surface area contributed by atoms with Gasteiger partial charge in [0.25, 0.3) is 5.56 Å². The van der Waals surface area contributed by atoms with Crippen LogP contribution in [0.2, 0.25) is 0 Å². The number of nitrogens with two attached hydrogens (primary N) is 1. The topological polar surface area (TPSA) is 52.9 Å². The molecule has 0 aliphatic rings. The minimum absolute atomic E-state index is 0.175. The molecule has 0 unspecified atom stereocenters. The highest BCUT2D eigenvalue weighted by Crippen LogP contribution is 1.95. The molecule has 0 aliphatic heterocycles. The van der Waals surface area contributed by atoms with Gasteiger partial charge in [-0.15, -0.1) is 0 Å². The summed E-state index contributed by atoms with van der Waals surface area (Å²) in [6, 6.07) is 1.34. The van der Waals surface area contributed by atoms with E-state index in [1.54, 1.807) is 18.7 Å². The van der Waals surface area contributed by atoms with Crippen LogP contribution in [0.15, 0.2) is 10.9 Å². The summed E-state index contributed by atoms with van der Waals surface area (Å²) < 4.78 is 3.37. The molecule has 0 saturated carbocycles. The van der Waals surface area contributed by atoms with E-state index < -0.39 is 0 Å². The summed E-state index contributed by atoms with van der Waals surface area (Å²) in [5, 5.41) is 0. The van der Waals surface area contributed by atoms with Crippen molar-refractivity contribution in [2.75, 3.05) is 5.73 Å². The molecule has 4 nitrogen and oxygen atoms in total. The van der Waals surface area contributed by atoms with Crippen molar-refractivity contribution in [2.24, 2.45) is 14.1 Å². The van der Waals surface area contributed by atoms with Crippen molar-refractivity contribution in [3.63, 3.8) is 0 Å². The van der Waals surface area contributed by atoms with Crippen LogP contribution in [0, 0.1) is 4.77 Å². The fraction of sp³-hybridized carbons (Fsp3) is 0.333. The van der Waals surface area contributed by atoms with Crippen LogP contribution in [0.1, 0.15) is 0 Å². The Labute approximate surface area is 68.9 Å². The third-order valence-electron chi connectivity index (χ3n) is 1.56. The lowest BCUT2D eigenvalue weighted by atomic mass is 10.5. The van der Waals surface area contributed by atoms with Gasteiger partial charge in [0, 0.05) is 20.2 Å². The number of anilines is 1. The highest BCUT2D eigenvalue weighted by atomic mass is 32.1. The van der Waals surface area contributed by atoms with Crippen molar-refractivity contribution in [1.82, 2.24) is 9.13 Å². The first kappa shape index (κ1) is 8.00. The molecule has 0 amide bonds. The van der Waals surface area contributed by atoms with Gasteiger partial charge in [-0.3, -0.25) is 9.36 Å². The molecule has 0 fully saturated rings. The second kappa shape index (κ2) is 2.50. The lowest BCUT2D eigenvalue weighted by molar-refractivity contribution is 0.726. The Kier molecular flexibility index (Phi) is 1.82. The summed E-state index contributed by atoms with van der Waals surface area (Å²) in [6.07, 6.45) is 0. The first-order chi connectivity index (χ1) is 5.04. The van der Waals surface area contributed by atoms with E-state index in [2.05, 4.69) is 0 Å². The molecule has 0 aromatic carbocycles. The fourth-order valence-corrected chi connectivity index (χ4v) is 0.945. The van der Waals surface area contributed by atoms with Crippen LogP contribution in [0.4, 0.5) is 5.82 Å². The molecule has 5 heteroatoms. The van der Waals surface area contributed by atoms with E-state index in [1.165, 1.54) is 10.6 Å². The summed E-state index contributed by atoms with van der Waals surface area (Å²) in [5.41, 5.74) is 5.30. The summed E-state index contributed by atoms with van der Waals surface area (Å²) in [6.45, 7) is 0. The Balaban J connectivity index is 3.74. The third kappa shape index (κ3) is 1.19. The molecule has 0 bridgehead atoms. The van der Waals surface area contributed by atoms with Gasteiger partial charge in [-0.05, 0) is 12.2 Å². The van der Waals surface area contributed by atoms with Crippen LogP contribution in [0.3, 0.4) is 0 Å². The molecule has 0 radical (unpaired) electrons. The molecule has 1 aromatic heterocycles. The molecule has 2 N–H and O–H groups in total. The molecule has 0 spiro atoms. The molecule has 1 heterocycles. The maximum Gasteiger partial charge on any atom is 0.256 e. The molecule has 11 heavy (non-hydrogen) atoms. The smallest absolute Gasteiger partial charge is 0.256 e. The largest absolute Gasteiger partial charge is 0.385 e. The Morgan fingerprint density at radius 1 is 1.45 bits per heavy atom. The lowest BCUT2D eigenvalue weighted by Gasteiger charge is -2.05. The minimum atomic E-state index is -0.175.